The Morgan fingerprint density at radius 3 is 2.47 bits per heavy atom. The van der Waals surface area contributed by atoms with Gasteiger partial charge in [0.2, 0.25) is 0 Å². The van der Waals surface area contributed by atoms with Crippen LogP contribution in [0.15, 0.2) is 24.3 Å². The zero-order chi connectivity index (χ0) is 14.3. The van der Waals surface area contributed by atoms with Crippen LogP contribution in [0.1, 0.15) is 10.4 Å². The first-order valence-electron chi connectivity index (χ1n) is 5.40. The molecule has 0 unspecified atom stereocenters. The average Bonchev–Trinajstić information content (AvgIpc) is 2.34. The molecule has 0 saturated heterocycles. The molecule has 8 nitrogen and oxygen atoms in total. The monoisotopic (exact) mass is 266 g/mol. The standard InChI is InChI=1S/C11H14N4O4/c12-10(18)13-4-5-14-11(19)15-8-3-1-2-7(6-8)9(16)17/h1-3,6H,4-5H2,(H,16,17)(H3,12,13,18)(H2,14,15,19). The molecule has 6 N–H and O–H groups in total. The van der Waals surface area contributed by atoms with Crippen molar-refractivity contribution in [2.24, 2.45) is 5.73 Å². The van der Waals surface area contributed by atoms with Gasteiger partial charge in [-0.3, -0.25) is 0 Å². The number of carbonyl (C=O) groups excluding carboxylic acids is 2. The summed E-state index contributed by atoms with van der Waals surface area (Å²) in [6.07, 6.45) is 0. The number of hydrogen-bond acceptors (Lipinski definition) is 3. The van der Waals surface area contributed by atoms with Crippen LogP contribution >= 0.6 is 0 Å². The average molecular weight is 266 g/mol. The van der Waals surface area contributed by atoms with Gasteiger partial charge in [0.05, 0.1) is 5.56 Å². The molecule has 0 aliphatic carbocycles. The molecule has 0 aliphatic heterocycles. The van der Waals surface area contributed by atoms with Gasteiger partial charge in [-0.1, -0.05) is 6.07 Å². The summed E-state index contributed by atoms with van der Waals surface area (Å²) in [5, 5.41) is 16.0. The number of nitrogens with two attached hydrogens (primary N) is 1. The van der Waals surface area contributed by atoms with Crippen molar-refractivity contribution < 1.29 is 19.5 Å². The second-order valence-corrected chi connectivity index (χ2v) is 3.56. The number of primary amides is 1. The first kappa shape index (κ1) is 14.3. The van der Waals surface area contributed by atoms with Gasteiger partial charge in [0, 0.05) is 18.8 Å². The largest absolute Gasteiger partial charge is 0.478 e. The number of urea groups is 2. The zero-order valence-electron chi connectivity index (χ0n) is 9.97. The van der Waals surface area contributed by atoms with Crippen LogP contribution in [-0.2, 0) is 0 Å². The number of benzene rings is 1. The highest BCUT2D eigenvalue weighted by atomic mass is 16.4. The fourth-order valence-corrected chi connectivity index (χ4v) is 1.27. The second-order valence-electron chi connectivity index (χ2n) is 3.56. The first-order chi connectivity index (χ1) is 8.99. The Balaban J connectivity index is 2.42. The van der Waals surface area contributed by atoms with Crippen molar-refractivity contribution in [3.05, 3.63) is 29.8 Å². The van der Waals surface area contributed by atoms with Crippen LogP contribution in [0.3, 0.4) is 0 Å². The molecule has 0 fully saturated rings. The SMILES string of the molecule is NC(=O)NCCNC(=O)Nc1cccc(C(=O)O)c1. The normalized spacial score (nSPS) is 9.47. The molecule has 0 atom stereocenters. The fraction of sp³-hybridized carbons (Fsp3) is 0.182. The lowest BCUT2D eigenvalue weighted by molar-refractivity contribution is 0.0697. The summed E-state index contributed by atoms with van der Waals surface area (Å²) in [5.41, 5.74) is 5.28. The van der Waals surface area contributed by atoms with Crippen molar-refractivity contribution in [2.75, 3.05) is 18.4 Å². The zero-order valence-corrected chi connectivity index (χ0v) is 9.97. The maximum atomic E-state index is 11.4. The number of carboxylic acid groups (broad SMARTS) is 1. The van der Waals surface area contributed by atoms with Gasteiger partial charge in [-0.15, -0.1) is 0 Å². The van der Waals surface area contributed by atoms with Gasteiger partial charge in [-0.05, 0) is 18.2 Å². The molecule has 0 radical (unpaired) electrons. The first-order valence-corrected chi connectivity index (χ1v) is 5.40. The predicted octanol–water partition coefficient (Wildman–Crippen LogP) is 0.175. The molecule has 1 rings (SSSR count). The van der Waals surface area contributed by atoms with E-state index >= 15 is 0 Å². The molecule has 0 aromatic heterocycles. The van der Waals surface area contributed by atoms with Crippen LogP contribution < -0.4 is 21.7 Å². The number of nitrogens with one attached hydrogen (secondary N) is 3. The van der Waals surface area contributed by atoms with Gasteiger partial charge in [0.15, 0.2) is 0 Å². The van der Waals surface area contributed by atoms with Crippen LogP contribution in [0, 0.1) is 0 Å². The van der Waals surface area contributed by atoms with E-state index in [2.05, 4.69) is 16.0 Å². The van der Waals surface area contributed by atoms with Crippen molar-refractivity contribution in [3.8, 4) is 0 Å². The minimum absolute atomic E-state index is 0.0770. The number of hydrogen-bond donors (Lipinski definition) is 5. The van der Waals surface area contributed by atoms with Crippen molar-refractivity contribution in [3.63, 3.8) is 0 Å². The Morgan fingerprint density at radius 2 is 1.84 bits per heavy atom. The van der Waals surface area contributed by atoms with Gasteiger partial charge >= 0.3 is 18.0 Å². The van der Waals surface area contributed by atoms with Gasteiger partial charge in [0.1, 0.15) is 0 Å². The third kappa shape index (κ3) is 5.39. The molecule has 8 heteroatoms. The number of amides is 4. The molecule has 102 valence electrons. The maximum absolute atomic E-state index is 11.4. The Labute approximate surface area is 109 Å². The summed E-state index contributed by atoms with van der Waals surface area (Å²) in [4.78, 5) is 32.5. The second kappa shape index (κ2) is 6.84. The van der Waals surface area contributed by atoms with E-state index in [1.807, 2.05) is 0 Å². The Kier molecular flexibility index (Phi) is 5.15. The van der Waals surface area contributed by atoms with Gasteiger partial charge in [0.25, 0.3) is 0 Å². The number of carbonyl (C=O) groups is 3. The van der Waals surface area contributed by atoms with E-state index < -0.39 is 18.0 Å². The molecule has 4 amide bonds. The maximum Gasteiger partial charge on any atom is 0.335 e. The highest BCUT2D eigenvalue weighted by Gasteiger charge is 2.05. The van der Waals surface area contributed by atoms with Crippen LogP contribution in [0.4, 0.5) is 15.3 Å². The molecule has 0 heterocycles. The highest BCUT2D eigenvalue weighted by molar-refractivity contribution is 5.93. The smallest absolute Gasteiger partial charge is 0.335 e. The molecule has 1 aromatic rings. The third-order valence-corrected chi connectivity index (χ3v) is 2.08. The van der Waals surface area contributed by atoms with Crippen LogP contribution in [0.25, 0.3) is 0 Å². The van der Waals surface area contributed by atoms with Crippen molar-refractivity contribution in [1.29, 1.82) is 0 Å². The lowest BCUT2D eigenvalue weighted by Gasteiger charge is -2.08. The minimum atomic E-state index is -1.07. The van der Waals surface area contributed by atoms with Crippen LogP contribution in [0.2, 0.25) is 0 Å². The van der Waals surface area contributed by atoms with E-state index in [9.17, 15) is 14.4 Å². The highest BCUT2D eigenvalue weighted by Crippen LogP contribution is 2.10. The van der Waals surface area contributed by atoms with Gasteiger partial charge < -0.3 is 26.8 Å². The summed E-state index contributed by atoms with van der Waals surface area (Å²) in [6.45, 7) is 0.408. The van der Waals surface area contributed by atoms with E-state index in [1.54, 1.807) is 6.07 Å². The lowest BCUT2D eigenvalue weighted by Crippen LogP contribution is -2.38. The Bertz CT molecular complexity index is 489. The van der Waals surface area contributed by atoms with Crippen LogP contribution in [-0.4, -0.2) is 36.2 Å². The molecule has 19 heavy (non-hydrogen) atoms. The van der Waals surface area contributed by atoms with E-state index in [0.29, 0.717) is 5.69 Å². The number of rotatable bonds is 5. The fourth-order valence-electron chi connectivity index (χ4n) is 1.27. The van der Waals surface area contributed by atoms with Gasteiger partial charge in [-0.25, -0.2) is 14.4 Å². The number of anilines is 1. The molecule has 0 spiro atoms. The van der Waals surface area contributed by atoms with Crippen molar-refractivity contribution in [1.82, 2.24) is 10.6 Å². The van der Waals surface area contributed by atoms with Crippen molar-refractivity contribution in [2.45, 2.75) is 0 Å². The van der Waals surface area contributed by atoms with Crippen LogP contribution in [0.5, 0.6) is 0 Å². The topological polar surface area (TPSA) is 134 Å². The number of aromatic carboxylic acids is 1. The minimum Gasteiger partial charge on any atom is -0.478 e. The van der Waals surface area contributed by atoms with E-state index in [1.165, 1.54) is 18.2 Å². The quantitative estimate of drug-likeness (QED) is 0.486. The summed E-state index contributed by atoms with van der Waals surface area (Å²) in [5.74, 6) is -1.07. The third-order valence-electron chi connectivity index (χ3n) is 2.08. The molecule has 0 bridgehead atoms. The Morgan fingerprint density at radius 1 is 1.16 bits per heavy atom. The molecule has 0 saturated carbocycles. The summed E-state index contributed by atoms with van der Waals surface area (Å²) >= 11 is 0. The van der Waals surface area contributed by atoms with Gasteiger partial charge in [-0.2, -0.15) is 0 Å². The van der Waals surface area contributed by atoms with Crippen molar-refractivity contribution >= 4 is 23.7 Å². The predicted molar refractivity (Wildman–Crippen MR) is 68.0 cm³/mol. The summed E-state index contributed by atoms with van der Waals surface area (Å²) in [6, 6.07) is 4.66. The van der Waals surface area contributed by atoms with E-state index in [0.717, 1.165) is 0 Å². The summed E-state index contributed by atoms with van der Waals surface area (Å²) < 4.78 is 0. The lowest BCUT2D eigenvalue weighted by atomic mass is 10.2. The molecular weight excluding hydrogens is 252 g/mol. The Hall–Kier alpha value is -2.77. The molecule has 0 aliphatic rings. The van der Waals surface area contributed by atoms with E-state index in [4.69, 9.17) is 10.8 Å². The molecule has 1 aromatic carbocycles. The number of carboxylic acids is 1. The van der Waals surface area contributed by atoms with E-state index in [-0.39, 0.29) is 18.7 Å². The molecular formula is C11H14N4O4. The summed E-state index contributed by atoms with van der Waals surface area (Å²) in [7, 11) is 0.